The third-order valence-electron chi connectivity index (χ3n) is 3.34. The van der Waals surface area contributed by atoms with Gasteiger partial charge in [0.2, 0.25) is 0 Å². The molecule has 1 aromatic carbocycles. The van der Waals surface area contributed by atoms with Gasteiger partial charge in [-0.15, -0.1) is 0 Å². The Kier molecular flexibility index (Phi) is 3.53. The first-order valence-electron chi connectivity index (χ1n) is 6.69. The first-order chi connectivity index (χ1) is 10.2. The molecule has 0 saturated heterocycles. The quantitative estimate of drug-likeness (QED) is 0.771. The number of hydrogen-bond acceptors (Lipinski definition) is 4. The number of nitrogens with two attached hydrogens (primary N) is 1. The van der Waals surface area contributed by atoms with Crippen LogP contribution in [0.1, 0.15) is 16.7 Å². The Balaban J connectivity index is 1.85. The van der Waals surface area contributed by atoms with Crippen molar-refractivity contribution in [1.82, 2.24) is 14.6 Å². The van der Waals surface area contributed by atoms with Gasteiger partial charge in [-0.2, -0.15) is 9.61 Å². The summed E-state index contributed by atoms with van der Waals surface area (Å²) in [6, 6.07) is 8.95. The SMILES string of the molecule is Cc1cc(NCc2ccc(CN)cc2F)n2ncnc2c1. The van der Waals surface area contributed by atoms with Crippen LogP contribution in [0.2, 0.25) is 0 Å². The number of rotatable bonds is 4. The van der Waals surface area contributed by atoms with Crippen LogP contribution in [0.4, 0.5) is 10.2 Å². The lowest BCUT2D eigenvalue weighted by molar-refractivity contribution is 0.610. The molecule has 6 heteroatoms. The molecule has 21 heavy (non-hydrogen) atoms. The minimum Gasteiger partial charge on any atom is -0.366 e. The van der Waals surface area contributed by atoms with E-state index in [-0.39, 0.29) is 5.82 Å². The minimum absolute atomic E-state index is 0.257. The molecule has 0 aliphatic carbocycles. The van der Waals surface area contributed by atoms with Crippen LogP contribution in [-0.4, -0.2) is 14.6 Å². The number of aromatic nitrogens is 3. The molecule has 0 spiro atoms. The number of pyridine rings is 1. The van der Waals surface area contributed by atoms with Crippen LogP contribution in [0.5, 0.6) is 0 Å². The van der Waals surface area contributed by atoms with Crippen LogP contribution >= 0.6 is 0 Å². The van der Waals surface area contributed by atoms with Gasteiger partial charge in [0.25, 0.3) is 0 Å². The van der Waals surface area contributed by atoms with Crippen molar-refractivity contribution >= 4 is 11.5 Å². The van der Waals surface area contributed by atoms with Gasteiger partial charge in [0.05, 0.1) is 0 Å². The van der Waals surface area contributed by atoms with Crippen LogP contribution in [0.3, 0.4) is 0 Å². The maximum atomic E-state index is 13.9. The Morgan fingerprint density at radius 1 is 1.29 bits per heavy atom. The molecule has 2 aromatic heterocycles. The summed E-state index contributed by atoms with van der Waals surface area (Å²) in [6.07, 6.45) is 1.50. The Labute approximate surface area is 121 Å². The van der Waals surface area contributed by atoms with Gasteiger partial charge in [-0.3, -0.25) is 0 Å². The van der Waals surface area contributed by atoms with Gasteiger partial charge in [-0.1, -0.05) is 12.1 Å². The standard InChI is InChI=1S/C15H16FN5/c1-10-4-14(21-15(5-10)19-9-20-21)18-8-12-3-2-11(7-17)6-13(12)16/h2-6,9,18H,7-8,17H2,1H3. The Morgan fingerprint density at radius 2 is 2.14 bits per heavy atom. The van der Waals surface area contributed by atoms with Crippen LogP contribution < -0.4 is 11.1 Å². The normalized spacial score (nSPS) is 11.0. The molecular weight excluding hydrogens is 269 g/mol. The van der Waals surface area contributed by atoms with E-state index in [1.165, 1.54) is 12.4 Å². The predicted octanol–water partition coefficient (Wildman–Crippen LogP) is 2.25. The molecule has 108 valence electrons. The van der Waals surface area contributed by atoms with E-state index >= 15 is 0 Å². The van der Waals surface area contributed by atoms with E-state index in [4.69, 9.17) is 5.73 Å². The first-order valence-corrected chi connectivity index (χ1v) is 6.69. The zero-order valence-electron chi connectivity index (χ0n) is 11.7. The van der Waals surface area contributed by atoms with Crippen LogP contribution in [0.25, 0.3) is 5.65 Å². The van der Waals surface area contributed by atoms with E-state index in [2.05, 4.69) is 15.4 Å². The topological polar surface area (TPSA) is 68.2 Å². The van der Waals surface area contributed by atoms with Gasteiger partial charge in [-0.25, -0.2) is 9.37 Å². The number of hydrogen-bond donors (Lipinski definition) is 2. The van der Waals surface area contributed by atoms with E-state index in [0.717, 1.165) is 22.6 Å². The number of benzene rings is 1. The lowest BCUT2D eigenvalue weighted by Crippen LogP contribution is -2.07. The highest BCUT2D eigenvalue weighted by Gasteiger charge is 2.06. The maximum Gasteiger partial charge on any atom is 0.157 e. The van der Waals surface area contributed by atoms with Crippen molar-refractivity contribution in [3.63, 3.8) is 0 Å². The average molecular weight is 285 g/mol. The number of nitrogens with zero attached hydrogens (tertiary/aromatic N) is 3. The minimum atomic E-state index is -0.257. The van der Waals surface area contributed by atoms with Crippen molar-refractivity contribution < 1.29 is 4.39 Å². The molecule has 0 aliphatic heterocycles. The summed E-state index contributed by atoms with van der Waals surface area (Å²) in [5.74, 6) is 0.526. The fourth-order valence-corrected chi connectivity index (χ4v) is 2.23. The highest BCUT2D eigenvalue weighted by molar-refractivity contribution is 5.51. The van der Waals surface area contributed by atoms with Crippen molar-refractivity contribution in [3.05, 3.63) is 59.2 Å². The fraction of sp³-hybridized carbons (Fsp3) is 0.200. The molecule has 0 fully saturated rings. The largest absolute Gasteiger partial charge is 0.366 e. The lowest BCUT2D eigenvalue weighted by atomic mass is 10.1. The second-order valence-corrected chi connectivity index (χ2v) is 4.93. The summed E-state index contributed by atoms with van der Waals surface area (Å²) in [5, 5.41) is 7.35. The summed E-state index contributed by atoms with van der Waals surface area (Å²) in [4.78, 5) is 4.16. The molecule has 0 bridgehead atoms. The predicted molar refractivity (Wildman–Crippen MR) is 79.3 cm³/mol. The Morgan fingerprint density at radius 3 is 2.90 bits per heavy atom. The Hall–Kier alpha value is -2.47. The summed E-state index contributed by atoms with van der Waals surface area (Å²) in [5.41, 5.74) is 8.70. The van der Waals surface area contributed by atoms with Crippen molar-refractivity contribution in [2.75, 3.05) is 5.32 Å². The average Bonchev–Trinajstić information content (AvgIpc) is 2.93. The highest BCUT2D eigenvalue weighted by atomic mass is 19.1. The number of fused-ring (bicyclic) bond motifs is 1. The van der Waals surface area contributed by atoms with E-state index in [0.29, 0.717) is 18.7 Å². The van der Waals surface area contributed by atoms with E-state index in [1.807, 2.05) is 25.1 Å². The number of aryl methyl sites for hydroxylation is 1. The van der Waals surface area contributed by atoms with Gasteiger partial charge in [0.1, 0.15) is 18.0 Å². The Bertz CT molecular complexity index is 781. The molecule has 0 aliphatic rings. The van der Waals surface area contributed by atoms with E-state index in [9.17, 15) is 4.39 Å². The lowest BCUT2D eigenvalue weighted by Gasteiger charge is -2.10. The van der Waals surface area contributed by atoms with Gasteiger partial charge >= 0.3 is 0 Å². The van der Waals surface area contributed by atoms with E-state index in [1.54, 1.807) is 10.6 Å². The number of nitrogens with one attached hydrogen (secondary N) is 1. The zero-order chi connectivity index (χ0) is 14.8. The van der Waals surface area contributed by atoms with Crippen molar-refractivity contribution in [1.29, 1.82) is 0 Å². The van der Waals surface area contributed by atoms with E-state index < -0.39 is 0 Å². The van der Waals surface area contributed by atoms with Crippen molar-refractivity contribution in [2.24, 2.45) is 5.73 Å². The van der Waals surface area contributed by atoms with Gasteiger partial charge in [0.15, 0.2) is 5.65 Å². The number of anilines is 1. The summed E-state index contributed by atoms with van der Waals surface area (Å²) < 4.78 is 15.6. The summed E-state index contributed by atoms with van der Waals surface area (Å²) >= 11 is 0. The first kappa shape index (κ1) is 13.5. The zero-order valence-corrected chi connectivity index (χ0v) is 11.7. The molecule has 0 unspecified atom stereocenters. The molecule has 0 saturated carbocycles. The monoisotopic (exact) mass is 285 g/mol. The smallest absolute Gasteiger partial charge is 0.157 e. The van der Waals surface area contributed by atoms with Crippen molar-refractivity contribution in [2.45, 2.75) is 20.0 Å². The third-order valence-corrected chi connectivity index (χ3v) is 3.34. The van der Waals surface area contributed by atoms with Crippen LogP contribution in [-0.2, 0) is 13.1 Å². The second kappa shape index (κ2) is 5.49. The maximum absolute atomic E-state index is 13.9. The molecule has 5 nitrogen and oxygen atoms in total. The molecule has 0 amide bonds. The second-order valence-electron chi connectivity index (χ2n) is 4.93. The molecular formula is C15H16FN5. The summed E-state index contributed by atoms with van der Waals surface area (Å²) in [6.45, 7) is 2.69. The fourth-order valence-electron chi connectivity index (χ4n) is 2.23. The summed E-state index contributed by atoms with van der Waals surface area (Å²) in [7, 11) is 0. The molecule has 3 N–H and O–H groups in total. The molecule has 0 atom stereocenters. The number of halogens is 1. The molecule has 2 heterocycles. The third kappa shape index (κ3) is 2.71. The van der Waals surface area contributed by atoms with Gasteiger partial charge in [0, 0.05) is 18.7 Å². The van der Waals surface area contributed by atoms with Crippen LogP contribution in [0, 0.1) is 12.7 Å². The highest BCUT2D eigenvalue weighted by Crippen LogP contribution is 2.16. The van der Waals surface area contributed by atoms with Gasteiger partial charge in [-0.05, 0) is 36.2 Å². The van der Waals surface area contributed by atoms with Crippen molar-refractivity contribution in [3.8, 4) is 0 Å². The molecule has 3 rings (SSSR count). The van der Waals surface area contributed by atoms with Gasteiger partial charge < -0.3 is 11.1 Å². The van der Waals surface area contributed by atoms with Crippen LogP contribution in [0.15, 0.2) is 36.7 Å². The molecule has 3 aromatic rings. The molecule has 0 radical (unpaired) electrons.